The van der Waals surface area contributed by atoms with Crippen molar-refractivity contribution in [1.82, 2.24) is 10.2 Å². The Hall–Kier alpha value is -1.06. The third-order valence-corrected chi connectivity index (χ3v) is 2.90. The molecule has 0 aliphatic rings. The van der Waals surface area contributed by atoms with Crippen molar-refractivity contribution < 1.29 is 4.74 Å². The Bertz CT molecular complexity index is 352. The molecule has 0 spiro atoms. The van der Waals surface area contributed by atoms with Crippen molar-refractivity contribution in [2.75, 3.05) is 33.3 Å². The van der Waals surface area contributed by atoms with E-state index in [1.54, 1.807) is 0 Å². The molecule has 108 valence electrons. The van der Waals surface area contributed by atoms with E-state index in [0.29, 0.717) is 5.92 Å². The zero-order valence-corrected chi connectivity index (χ0v) is 12.8. The molecule has 0 amide bonds. The molecule has 0 aromatic heterocycles. The van der Waals surface area contributed by atoms with Crippen LogP contribution in [0.4, 0.5) is 0 Å². The summed E-state index contributed by atoms with van der Waals surface area (Å²) < 4.78 is 5.81. The van der Waals surface area contributed by atoms with Gasteiger partial charge in [-0.1, -0.05) is 32.9 Å². The van der Waals surface area contributed by atoms with E-state index in [2.05, 4.69) is 56.2 Å². The van der Waals surface area contributed by atoms with Gasteiger partial charge in [-0.2, -0.15) is 0 Å². The summed E-state index contributed by atoms with van der Waals surface area (Å²) in [6.45, 7) is 11.3. The molecule has 0 unspecified atom stereocenters. The van der Waals surface area contributed by atoms with E-state index in [-0.39, 0.29) is 0 Å². The van der Waals surface area contributed by atoms with Gasteiger partial charge in [0.05, 0.1) is 0 Å². The number of nitrogens with one attached hydrogen (secondary N) is 1. The predicted octanol–water partition coefficient (Wildman–Crippen LogP) is 2.76. The molecule has 3 heteroatoms. The summed E-state index contributed by atoms with van der Waals surface area (Å²) >= 11 is 0. The molecular weight excluding hydrogens is 236 g/mol. The molecule has 0 aliphatic heterocycles. The lowest BCUT2D eigenvalue weighted by Gasteiger charge is -2.19. The maximum atomic E-state index is 5.81. The number of hydrogen-bond acceptors (Lipinski definition) is 3. The minimum atomic E-state index is 0.702. The van der Waals surface area contributed by atoms with Gasteiger partial charge in [-0.15, -0.1) is 0 Å². The highest BCUT2D eigenvalue weighted by atomic mass is 16.5. The van der Waals surface area contributed by atoms with E-state index in [4.69, 9.17) is 4.74 Å². The van der Waals surface area contributed by atoms with E-state index in [9.17, 15) is 0 Å². The topological polar surface area (TPSA) is 24.5 Å². The van der Waals surface area contributed by atoms with Crippen LogP contribution < -0.4 is 10.1 Å². The van der Waals surface area contributed by atoms with Gasteiger partial charge in [-0.25, -0.2) is 0 Å². The highest BCUT2D eigenvalue weighted by molar-refractivity contribution is 5.28. The molecule has 0 heterocycles. The van der Waals surface area contributed by atoms with Gasteiger partial charge in [-0.3, -0.25) is 0 Å². The molecule has 1 aromatic rings. The van der Waals surface area contributed by atoms with Gasteiger partial charge in [0.2, 0.25) is 0 Å². The van der Waals surface area contributed by atoms with Crippen LogP contribution in [0.15, 0.2) is 24.3 Å². The molecule has 3 nitrogen and oxygen atoms in total. The Morgan fingerprint density at radius 3 is 2.79 bits per heavy atom. The van der Waals surface area contributed by atoms with E-state index in [1.807, 2.05) is 6.07 Å². The second-order valence-electron chi connectivity index (χ2n) is 5.43. The van der Waals surface area contributed by atoms with Crippen molar-refractivity contribution in [3.63, 3.8) is 0 Å². The Kier molecular flexibility index (Phi) is 7.53. The summed E-state index contributed by atoms with van der Waals surface area (Å²) in [5.74, 6) is 1.67. The second kappa shape index (κ2) is 8.94. The Morgan fingerprint density at radius 2 is 2.11 bits per heavy atom. The monoisotopic (exact) mass is 264 g/mol. The second-order valence-corrected chi connectivity index (χ2v) is 5.43. The van der Waals surface area contributed by atoms with Crippen molar-refractivity contribution in [1.29, 1.82) is 0 Å². The number of rotatable bonds is 9. The average molecular weight is 264 g/mol. The summed E-state index contributed by atoms with van der Waals surface area (Å²) in [7, 11) is 2.14. The van der Waals surface area contributed by atoms with Crippen LogP contribution in [-0.2, 0) is 6.54 Å². The standard InChI is InChI=1S/C16H28N2O/c1-5-17-12-15-7-6-8-16(11-15)19-10-9-18(4)13-14(2)3/h6-8,11,14,17H,5,9-10,12-13H2,1-4H3. The van der Waals surface area contributed by atoms with Gasteiger partial charge >= 0.3 is 0 Å². The fourth-order valence-electron chi connectivity index (χ4n) is 2.05. The van der Waals surface area contributed by atoms with Crippen LogP contribution in [0.1, 0.15) is 26.3 Å². The Labute approximate surface area is 118 Å². The lowest BCUT2D eigenvalue weighted by atomic mass is 10.2. The summed E-state index contributed by atoms with van der Waals surface area (Å²) in [6, 6.07) is 8.32. The van der Waals surface area contributed by atoms with E-state index in [1.165, 1.54) is 5.56 Å². The molecule has 1 aromatic carbocycles. The number of ether oxygens (including phenoxy) is 1. The van der Waals surface area contributed by atoms with Gasteiger partial charge in [0.1, 0.15) is 12.4 Å². The molecular formula is C16H28N2O. The zero-order chi connectivity index (χ0) is 14.1. The SMILES string of the molecule is CCNCc1cccc(OCCN(C)CC(C)C)c1. The maximum Gasteiger partial charge on any atom is 0.119 e. The summed E-state index contributed by atoms with van der Waals surface area (Å²) in [5, 5.41) is 3.32. The van der Waals surface area contributed by atoms with Gasteiger partial charge < -0.3 is 15.0 Å². The average Bonchev–Trinajstić information content (AvgIpc) is 2.36. The molecule has 19 heavy (non-hydrogen) atoms. The first kappa shape index (κ1) is 16.0. The van der Waals surface area contributed by atoms with Crippen LogP contribution in [0.5, 0.6) is 5.75 Å². The van der Waals surface area contributed by atoms with Crippen LogP contribution in [-0.4, -0.2) is 38.2 Å². The zero-order valence-electron chi connectivity index (χ0n) is 12.8. The van der Waals surface area contributed by atoms with Crippen molar-refractivity contribution >= 4 is 0 Å². The van der Waals surface area contributed by atoms with Crippen molar-refractivity contribution in [3.8, 4) is 5.75 Å². The molecule has 0 saturated heterocycles. The van der Waals surface area contributed by atoms with E-state index >= 15 is 0 Å². The number of nitrogens with zero attached hydrogens (tertiary/aromatic N) is 1. The molecule has 0 aliphatic carbocycles. The number of hydrogen-bond donors (Lipinski definition) is 1. The molecule has 0 saturated carbocycles. The normalized spacial score (nSPS) is 11.3. The summed E-state index contributed by atoms with van der Waals surface area (Å²) in [6.07, 6.45) is 0. The smallest absolute Gasteiger partial charge is 0.119 e. The minimum absolute atomic E-state index is 0.702. The minimum Gasteiger partial charge on any atom is -0.492 e. The van der Waals surface area contributed by atoms with Crippen LogP contribution in [0.2, 0.25) is 0 Å². The van der Waals surface area contributed by atoms with Crippen molar-refractivity contribution in [2.24, 2.45) is 5.92 Å². The fraction of sp³-hybridized carbons (Fsp3) is 0.625. The third kappa shape index (κ3) is 7.19. The van der Waals surface area contributed by atoms with Gasteiger partial charge in [0.15, 0.2) is 0 Å². The van der Waals surface area contributed by atoms with Crippen LogP contribution in [0.3, 0.4) is 0 Å². The molecule has 0 atom stereocenters. The third-order valence-electron chi connectivity index (χ3n) is 2.90. The lowest BCUT2D eigenvalue weighted by molar-refractivity contribution is 0.222. The number of benzene rings is 1. The first-order chi connectivity index (χ1) is 9.11. The van der Waals surface area contributed by atoms with Gasteiger partial charge in [0, 0.05) is 19.6 Å². The van der Waals surface area contributed by atoms with Crippen LogP contribution in [0, 0.1) is 5.92 Å². The van der Waals surface area contributed by atoms with Gasteiger partial charge in [-0.05, 0) is 37.2 Å². The van der Waals surface area contributed by atoms with Crippen LogP contribution >= 0.6 is 0 Å². The van der Waals surface area contributed by atoms with E-state index < -0.39 is 0 Å². The van der Waals surface area contributed by atoms with Gasteiger partial charge in [0.25, 0.3) is 0 Å². The molecule has 1 N–H and O–H groups in total. The Balaban J connectivity index is 2.32. The largest absolute Gasteiger partial charge is 0.492 e. The molecule has 0 fully saturated rings. The van der Waals surface area contributed by atoms with Crippen molar-refractivity contribution in [3.05, 3.63) is 29.8 Å². The maximum absolute atomic E-state index is 5.81. The predicted molar refractivity (Wildman–Crippen MR) is 81.7 cm³/mol. The summed E-state index contributed by atoms with van der Waals surface area (Å²) in [4.78, 5) is 2.31. The molecule has 1 rings (SSSR count). The van der Waals surface area contributed by atoms with Crippen LogP contribution in [0.25, 0.3) is 0 Å². The Morgan fingerprint density at radius 1 is 1.32 bits per heavy atom. The quantitative estimate of drug-likeness (QED) is 0.742. The highest BCUT2D eigenvalue weighted by Crippen LogP contribution is 2.13. The first-order valence-electron chi connectivity index (χ1n) is 7.22. The lowest BCUT2D eigenvalue weighted by Crippen LogP contribution is -2.27. The fourth-order valence-corrected chi connectivity index (χ4v) is 2.05. The first-order valence-corrected chi connectivity index (χ1v) is 7.22. The molecule has 0 bridgehead atoms. The number of likely N-dealkylation sites (N-methyl/N-ethyl adjacent to an activating group) is 1. The summed E-state index contributed by atoms with van der Waals surface area (Å²) in [5.41, 5.74) is 1.27. The highest BCUT2D eigenvalue weighted by Gasteiger charge is 2.02. The molecule has 0 radical (unpaired) electrons. The van der Waals surface area contributed by atoms with E-state index in [0.717, 1.165) is 38.5 Å². The van der Waals surface area contributed by atoms with Crippen molar-refractivity contribution in [2.45, 2.75) is 27.3 Å².